The number of nitrogens with one attached hydrogen (secondary N) is 1. The van der Waals surface area contributed by atoms with E-state index in [9.17, 15) is 0 Å². The first-order chi connectivity index (χ1) is 11.7. The average Bonchev–Trinajstić information content (AvgIpc) is 2.61. The first-order valence-corrected chi connectivity index (χ1v) is 8.88. The molecular formula is C19H24BrNO3. The quantitative estimate of drug-likeness (QED) is 0.601. The maximum absolute atomic E-state index is 8.79. The van der Waals surface area contributed by atoms with Crippen molar-refractivity contribution in [1.82, 2.24) is 5.32 Å². The first kappa shape index (κ1) is 18.8. The fourth-order valence-electron chi connectivity index (χ4n) is 2.34. The van der Waals surface area contributed by atoms with Crippen LogP contribution in [0, 0.1) is 0 Å². The molecule has 0 saturated heterocycles. The Balaban J connectivity index is 1.98. The molecule has 24 heavy (non-hydrogen) atoms. The van der Waals surface area contributed by atoms with Gasteiger partial charge in [0.05, 0.1) is 11.6 Å². The summed E-state index contributed by atoms with van der Waals surface area (Å²) in [5.74, 6) is 1.43. The minimum Gasteiger partial charge on any atom is -0.493 e. The second kappa shape index (κ2) is 10.3. The minimum absolute atomic E-state index is 0.245. The highest BCUT2D eigenvalue weighted by Crippen LogP contribution is 2.37. The molecule has 0 aliphatic carbocycles. The molecule has 0 aliphatic heterocycles. The summed E-state index contributed by atoms with van der Waals surface area (Å²) in [4.78, 5) is 0. The highest BCUT2D eigenvalue weighted by atomic mass is 79.9. The van der Waals surface area contributed by atoms with Gasteiger partial charge in [0.1, 0.15) is 6.61 Å². The minimum atomic E-state index is 0.245. The van der Waals surface area contributed by atoms with E-state index in [0.717, 1.165) is 41.5 Å². The molecule has 0 bridgehead atoms. The molecule has 0 saturated carbocycles. The average molecular weight is 394 g/mol. The van der Waals surface area contributed by atoms with E-state index >= 15 is 0 Å². The number of unbranched alkanes of at least 4 members (excludes halogenated alkanes) is 1. The van der Waals surface area contributed by atoms with E-state index in [1.807, 2.05) is 42.5 Å². The standard InChI is InChI=1S/C19H24BrNO3/c1-23-18-12-16(13-21-9-5-6-10-22)11-17(20)19(18)24-14-15-7-3-2-4-8-15/h2-4,7-8,11-12,21-22H,5-6,9-10,13-14H2,1H3. The Morgan fingerprint density at radius 3 is 2.58 bits per heavy atom. The molecule has 0 aliphatic rings. The van der Waals surface area contributed by atoms with Crippen molar-refractivity contribution < 1.29 is 14.6 Å². The van der Waals surface area contributed by atoms with E-state index in [-0.39, 0.29) is 6.61 Å². The van der Waals surface area contributed by atoms with Gasteiger partial charge in [-0.2, -0.15) is 0 Å². The highest BCUT2D eigenvalue weighted by Gasteiger charge is 2.12. The number of rotatable bonds is 10. The van der Waals surface area contributed by atoms with Crippen molar-refractivity contribution in [3.8, 4) is 11.5 Å². The summed E-state index contributed by atoms with van der Waals surface area (Å²) < 4.78 is 12.3. The molecule has 2 aromatic rings. The third-order valence-electron chi connectivity index (χ3n) is 3.61. The zero-order valence-electron chi connectivity index (χ0n) is 13.9. The van der Waals surface area contributed by atoms with Crippen LogP contribution in [0.2, 0.25) is 0 Å². The largest absolute Gasteiger partial charge is 0.493 e. The van der Waals surface area contributed by atoms with Gasteiger partial charge in [0.2, 0.25) is 0 Å². The number of halogens is 1. The number of ether oxygens (including phenoxy) is 2. The predicted octanol–water partition coefficient (Wildman–Crippen LogP) is 3.90. The van der Waals surface area contributed by atoms with Crippen LogP contribution < -0.4 is 14.8 Å². The SMILES string of the molecule is COc1cc(CNCCCCO)cc(Br)c1OCc1ccccc1. The van der Waals surface area contributed by atoms with Gasteiger partial charge < -0.3 is 19.9 Å². The third kappa shape index (κ3) is 5.82. The number of aliphatic hydroxyl groups excluding tert-OH is 1. The van der Waals surface area contributed by atoms with Crippen LogP contribution in [-0.4, -0.2) is 25.4 Å². The van der Waals surface area contributed by atoms with E-state index in [0.29, 0.717) is 18.1 Å². The van der Waals surface area contributed by atoms with Gasteiger partial charge in [0.25, 0.3) is 0 Å². The summed E-state index contributed by atoms with van der Waals surface area (Å²) in [5.41, 5.74) is 2.23. The summed E-state index contributed by atoms with van der Waals surface area (Å²) in [6.07, 6.45) is 1.79. The third-order valence-corrected chi connectivity index (χ3v) is 4.20. The van der Waals surface area contributed by atoms with Crippen LogP contribution in [0.4, 0.5) is 0 Å². The molecular weight excluding hydrogens is 370 g/mol. The van der Waals surface area contributed by atoms with Crippen molar-refractivity contribution in [2.75, 3.05) is 20.3 Å². The Morgan fingerprint density at radius 1 is 1.08 bits per heavy atom. The zero-order chi connectivity index (χ0) is 17.2. The lowest BCUT2D eigenvalue weighted by molar-refractivity contribution is 0.282. The summed E-state index contributed by atoms with van der Waals surface area (Å²) in [6.45, 7) is 2.37. The summed E-state index contributed by atoms with van der Waals surface area (Å²) in [7, 11) is 1.65. The fraction of sp³-hybridized carbons (Fsp3) is 0.368. The molecule has 2 N–H and O–H groups in total. The maximum atomic E-state index is 8.79. The van der Waals surface area contributed by atoms with E-state index in [2.05, 4.69) is 21.2 Å². The topological polar surface area (TPSA) is 50.7 Å². The zero-order valence-corrected chi connectivity index (χ0v) is 15.5. The highest BCUT2D eigenvalue weighted by molar-refractivity contribution is 9.10. The lowest BCUT2D eigenvalue weighted by Gasteiger charge is -2.15. The van der Waals surface area contributed by atoms with Gasteiger partial charge in [-0.15, -0.1) is 0 Å². The smallest absolute Gasteiger partial charge is 0.175 e. The van der Waals surface area contributed by atoms with Gasteiger partial charge in [0, 0.05) is 13.2 Å². The summed E-state index contributed by atoms with van der Waals surface area (Å²) in [5, 5.41) is 12.2. The van der Waals surface area contributed by atoms with Gasteiger partial charge in [-0.1, -0.05) is 30.3 Å². The van der Waals surface area contributed by atoms with E-state index in [1.54, 1.807) is 7.11 Å². The Hall–Kier alpha value is -1.56. The fourth-order valence-corrected chi connectivity index (χ4v) is 2.94. The molecule has 130 valence electrons. The van der Waals surface area contributed by atoms with Crippen LogP contribution in [0.1, 0.15) is 24.0 Å². The van der Waals surface area contributed by atoms with Crippen molar-refractivity contribution in [3.05, 3.63) is 58.1 Å². The monoisotopic (exact) mass is 393 g/mol. The Bertz CT molecular complexity index is 620. The Kier molecular flexibility index (Phi) is 8.08. The molecule has 0 heterocycles. The number of benzene rings is 2. The van der Waals surface area contributed by atoms with Crippen LogP contribution in [0.3, 0.4) is 0 Å². The summed E-state index contributed by atoms with van der Waals surface area (Å²) >= 11 is 3.58. The van der Waals surface area contributed by atoms with Gasteiger partial charge in [-0.3, -0.25) is 0 Å². The number of hydrogen-bond acceptors (Lipinski definition) is 4. The second-order valence-corrected chi connectivity index (χ2v) is 6.35. The molecule has 0 atom stereocenters. The predicted molar refractivity (Wildman–Crippen MR) is 99.5 cm³/mol. The van der Waals surface area contributed by atoms with Crippen molar-refractivity contribution >= 4 is 15.9 Å². The lowest BCUT2D eigenvalue weighted by atomic mass is 10.2. The first-order valence-electron chi connectivity index (χ1n) is 8.09. The normalized spacial score (nSPS) is 10.6. The van der Waals surface area contributed by atoms with E-state index < -0.39 is 0 Å². The maximum Gasteiger partial charge on any atom is 0.175 e. The molecule has 4 nitrogen and oxygen atoms in total. The Morgan fingerprint density at radius 2 is 1.88 bits per heavy atom. The molecule has 0 aromatic heterocycles. The molecule has 2 aromatic carbocycles. The number of aliphatic hydroxyl groups is 1. The van der Waals surface area contributed by atoms with Crippen LogP contribution >= 0.6 is 15.9 Å². The van der Waals surface area contributed by atoms with Gasteiger partial charge >= 0.3 is 0 Å². The van der Waals surface area contributed by atoms with Crippen molar-refractivity contribution in [2.45, 2.75) is 26.0 Å². The van der Waals surface area contributed by atoms with E-state index in [1.165, 1.54) is 0 Å². The number of methoxy groups -OCH3 is 1. The van der Waals surface area contributed by atoms with Crippen LogP contribution in [0.5, 0.6) is 11.5 Å². The molecule has 0 unspecified atom stereocenters. The van der Waals surface area contributed by atoms with Crippen molar-refractivity contribution in [2.24, 2.45) is 0 Å². The van der Waals surface area contributed by atoms with Crippen molar-refractivity contribution in [1.29, 1.82) is 0 Å². The van der Waals surface area contributed by atoms with Crippen molar-refractivity contribution in [3.63, 3.8) is 0 Å². The second-order valence-electron chi connectivity index (χ2n) is 5.49. The lowest BCUT2D eigenvalue weighted by Crippen LogP contribution is -2.15. The van der Waals surface area contributed by atoms with E-state index in [4.69, 9.17) is 14.6 Å². The van der Waals surface area contributed by atoms with Crippen LogP contribution in [0.15, 0.2) is 46.9 Å². The molecule has 5 heteroatoms. The number of hydrogen-bond donors (Lipinski definition) is 2. The van der Waals surface area contributed by atoms with Gasteiger partial charge in [0.15, 0.2) is 11.5 Å². The Labute approximate surface area is 151 Å². The molecule has 0 fully saturated rings. The summed E-state index contributed by atoms with van der Waals surface area (Å²) in [6, 6.07) is 14.1. The molecule has 0 amide bonds. The molecule has 0 spiro atoms. The van der Waals surface area contributed by atoms with Crippen LogP contribution in [-0.2, 0) is 13.2 Å². The van der Waals surface area contributed by atoms with Crippen LogP contribution in [0.25, 0.3) is 0 Å². The van der Waals surface area contributed by atoms with Gasteiger partial charge in [-0.05, 0) is 58.6 Å². The molecule has 0 radical (unpaired) electrons. The van der Waals surface area contributed by atoms with Gasteiger partial charge in [-0.25, -0.2) is 0 Å². The molecule has 2 rings (SSSR count).